The number of fused-ring (bicyclic) bond motifs is 1. The number of amides is 1. The van der Waals surface area contributed by atoms with E-state index in [1.54, 1.807) is 0 Å². The van der Waals surface area contributed by atoms with Gasteiger partial charge in [-0.05, 0) is 94.3 Å². The number of carbonyl (C=O) groups excluding carboxylic acids is 1. The van der Waals surface area contributed by atoms with Gasteiger partial charge < -0.3 is 15.1 Å². The van der Waals surface area contributed by atoms with Crippen LogP contribution in [0.2, 0.25) is 0 Å². The predicted molar refractivity (Wildman–Crippen MR) is 125 cm³/mol. The molecule has 0 spiro atoms. The predicted octanol–water partition coefficient (Wildman–Crippen LogP) is 5.71. The molecule has 1 amide bonds. The van der Waals surface area contributed by atoms with Crippen molar-refractivity contribution in [3.63, 3.8) is 0 Å². The molecule has 2 aromatic rings. The number of carbonyl (C=O) groups is 1. The molecule has 168 valence electrons. The number of furan rings is 1. The topological polar surface area (TPSA) is 59.5 Å². The highest BCUT2D eigenvalue weighted by Gasteiger charge is 2.38. The monoisotopic (exact) mass is 422 g/mol. The molecule has 1 aromatic heterocycles. The quantitative estimate of drug-likeness (QED) is 0.622. The zero-order valence-corrected chi connectivity index (χ0v) is 18.8. The molecule has 1 unspecified atom stereocenters. The first-order valence-electron chi connectivity index (χ1n) is 12.7. The highest BCUT2D eigenvalue weighted by Crippen LogP contribution is 2.44. The van der Waals surface area contributed by atoms with Crippen LogP contribution in [0.4, 0.5) is 0 Å². The number of rotatable bonds is 7. The Morgan fingerprint density at radius 3 is 2.39 bits per heavy atom. The highest BCUT2D eigenvalue weighted by molar-refractivity contribution is 5.81. The van der Waals surface area contributed by atoms with Gasteiger partial charge in [0.15, 0.2) is 0 Å². The van der Waals surface area contributed by atoms with Gasteiger partial charge in [0.05, 0.1) is 6.26 Å². The summed E-state index contributed by atoms with van der Waals surface area (Å²) in [6.07, 6.45) is 14.5. The maximum atomic E-state index is 12.0. The fourth-order valence-corrected chi connectivity index (χ4v) is 6.63. The maximum absolute atomic E-state index is 12.0. The summed E-state index contributed by atoms with van der Waals surface area (Å²) < 4.78 is 5.78. The van der Waals surface area contributed by atoms with E-state index in [4.69, 9.17) is 10.2 Å². The average Bonchev–Trinajstić information content (AvgIpc) is 3.19. The fraction of sp³-hybridized carbons (Fsp3) is 0.667. The Labute approximate surface area is 186 Å². The van der Waals surface area contributed by atoms with Gasteiger partial charge in [-0.15, -0.1) is 0 Å². The molecule has 3 fully saturated rings. The molecule has 3 aliphatic rings. The molecule has 2 N–H and O–H groups in total. The van der Waals surface area contributed by atoms with Gasteiger partial charge >= 0.3 is 0 Å². The normalized spacial score (nSPS) is 27.2. The Kier molecular flexibility index (Phi) is 6.36. The van der Waals surface area contributed by atoms with Crippen LogP contribution in [0.3, 0.4) is 0 Å². The first kappa shape index (κ1) is 21.1. The minimum Gasteiger partial charge on any atom is -0.464 e. The molecule has 1 aromatic carbocycles. The lowest BCUT2D eigenvalue weighted by Crippen LogP contribution is -2.40. The summed E-state index contributed by atoms with van der Waals surface area (Å²) in [6.45, 7) is 3.63. The molecule has 1 saturated heterocycles. The molecule has 1 aliphatic heterocycles. The van der Waals surface area contributed by atoms with Crippen molar-refractivity contribution in [1.29, 1.82) is 0 Å². The van der Waals surface area contributed by atoms with Crippen molar-refractivity contribution in [2.75, 3.05) is 19.6 Å². The van der Waals surface area contributed by atoms with Crippen LogP contribution < -0.4 is 5.73 Å². The van der Waals surface area contributed by atoms with Gasteiger partial charge in [-0.25, -0.2) is 0 Å². The van der Waals surface area contributed by atoms with Gasteiger partial charge in [-0.3, -0.25) is 4.79 Å². The van der Waals surface area contributed by atoms with Crippen molar-refractivity contribution in [2.24, 2.45) is 29.4 Å². The van der Waals surface area contributed by atoms with Crippen LogP contribution in [-0.4, -0.2) is 30.4 Å². The van der Waals surface area contributed by atoms with E-state index in [1.165, 1.54) is 94.8 Å². The van der Waals surface area contributed by atoms with Crippen molar-refractivity contribution >= 4 is 16.9 Å². The smallest absolute Gasteiger partial charge is 0.221 e. The second-order valence-electron chi connectivity index (χ2n) is 10.5. The number of hydrogen-bond acceptors (Lipinski definition) is 3. The maximum Gasteiger partial charge on any atom is 0.221 e. The molecule has 1 atom stereocenters. The van der Waals surface area contributed by atoms with Gasteiger partial charge in [0.1, 0.15) is 5.58 Å². The number of nitrogens with two attached hydrogens (primary N) is 1. The molecule has 2 saturated carbocycles. The number of primary amides is 1. The molecule has 4 heteroatoms. The summed E-state index contributed by atoms with van der Waals surface area (Å²) in [6, 6.07) is 8.43. The lowest BCUT2D eigenvalue weighted by atomic mass is 9.65. The van der Waals surface area contributed by atoms with E-state index in [1.807, 2.05) is 12.3 Å². The van der Waals surface area contributed by atoms with Crippen molar-refractivity contribution in [3.8, 4) is 0 Å². The van der Waals surface area contributed by atoms with Gasteiger partial charge in [-0.1, -0.05) is 37.5 Å². The molecule has 2 heterocycles. The molecule has 31 heavy (non-hydrogen) atoms. The minimum atomic E-state index is -0.0265. The summed E-state index contributed by atoms with van der Waals surface area (Å²) in [7, 11) is 0. The molecular weight excluding hydrogens is 384 g/mol. The van der Waals surface area contributed by atoms with Gasteiger partial charge in [-0.2, -0.15) is 0 Å². The summed E-state index contributed by atoms with van der Waals surface area (Å²) in [5.74, 6) is 2.75. The standard InChI is InChI=1S/C27H38N2O2/c28-27(30)26(21-4-3-5-21)22-10-8-19(9-11-22)12-15-29-16-13-20(14-17-29)24-18-31-25-7-2-1-6-23(24)25/h1-2,6-7,18-22,26H,3-5,8-17H2,(H2,28,30). The van der Waals surface area contributed by atoms with E-state index in [-0.39, 0.29) is 11.8 Å². The highest BCUT2D eigenvalue weighted by atomic mass is 16.3. The van der Waals surface area contributed by atoms with Gasteiger partial charge in [0.2, 0.25) is 5.91 Å². The van der Waals surface area contributed by atoms with Crippen LogP contribution in [0.5, 0.6) is 0 Å². The number of piperidine rings is 1. The largest absolute Gasteiger partial charge is 0.464 e. The van der Waals surface area contributed by atoms with Crippen LogP contribution in [0.15, 0.2) is 34.9 Å². The third-order valence-corrected chi connectivity index (χ3v) is 8.78. The second-order valence-corrected chi connectivity index (χ2v) is 10.5. The minimum absolute atomic E-state index is 0.0265. The summed E-state index contributed by atoms with van der Waals surface area (Å²) in [4.78, 5) is 14.7. The van der Waals surface area contributed by atoms with Gasteiger partial charge in [0.25, 0.3) is 0 Å². The van der Waals surface area contributed by atoms with E-state index < -0.39 is 0 Å². The third kappa shape index (κ3) is 4.55. The van der Waals surface area contributed by atoms with E-state index >= 15 is 0 Å². The molecule has 0 radical (unpaired) electrons. The van der Waals surface area contributed by atoms with Crippen molar-refractivity contribution in [1.82, 2.24) is 4.90 Å². The van der Waals surface area contributed by atoms with E-state index in [2.05, 4.69) is 23.1 Å². The van der Waals surface area contributed by atoms with E-state index in [0.29, 0.717) is 17.8 Å². The summed E-state index contributed by atoms with van der Waals surface area (Å²) in [5.41, 5.74) is 8.22. The Balaban J connectivity index is 1.06. The molecule has 4 nitrogen and oxygen atoms in total. The number of benzene rings is 1. The summed E-state index contributed by atoms with van der Waals surface area (Å²) >= 11 is 0. The third-order valence-electron chi connectivity index (χ3n) is 8.78. The van der Waals surface area contributed by atoms with Crippen LogP contribution in [0, 0.1) is 23.7 Å². The number of nitrogens with zero attached hydrogens (tertiary/aromatic N) is 1. The Hall–Kier alpha value is -1.81. The Morgan fingerprint density at radius 1 is 1.00 bits per heavy atom. The lowest BCUT2D eigenvalue weighted by Gasteiger charge is -2.40. The summed E-state index contributed by atoms with van der Waals surface area (Å²) in [5, 5.41) is 1.30. The van der Waals surface area contributed by atoms with Crippen LogP contribution in [0.25, 0.3) is 11.0 Å². The zero-order valence-electron chi connectivity index (χ0n) is 18.8. The van der Waals surface area contributed by atoms with Crippen molar-refractivity contribution in [3.05, 3.63) is 36.1 Å². The molecule has 2 aliphatic carbocycles. The van der Waals surface area contributed by atoms with E-state index in [9.17, 15) is 4.79 Å². The Morgan fingerprint density at radius 2 is 1.71 bits per heavy atom. The van der Waals surface area contributed by atoms with Crippen molar-refractivity contribution in [2.45, 2.75) is 70.1 Å². The average molecular weight is 423 g/mol. The first-order chi connectivity index (χ1) is 15.2. The van der Waals surface area contributed by atoms with Crippen LogP contribution in [-0.2, 0) is 4.79 Å². The fourth-order valence-electron chi connectivity index (χ4n) is 6.63. The van der Waals surface area contributed by atoms with Crippen molar-refractivity contribution < 1.29 is 9.21 Å². The lowest BCUT2D eigenvalue weighted by molar-refractivity contribution is -0.127. The van der Waals surface area contributed by atoms with E-state index in [0.717, 1.165) is 11.5 Å². The van der Waals surface area contributed by atoms with Crippen LogP contribution >= 0.6 is 0 Å². The second kappa shape index (κ2) is 9.36. The first-order valence-corrected chi connectivity index (χ1v) is 12.7. The Bertz CT molecular complexity index is 870. The number of likely N-dealkylation sites (tertiary alicyclic amines) is 1. The zero-order chi connectivity index (χ0) is 21.2. The molecule has 0 bridgehead atoms. The van der Waals surface area contributed by atoms with Crippen LogP contribution in [0.1, 0.15) is 75.7 Å². The SMILES string of the molecule is NC(=O)C(C1CCC1)C1CCC(CCN2CCC(c3coc4ccccc34)CC2)CC1. The molecular formula is C27H38N2O2. The van der Waals surface area contributed by atoms with Gasteiger partial charge in [0, 0.05) is 16.9 Å². The number of para-hydroxylation sites is 1. The number of hydrogen-bond donors (Lipinski definition) is 1. The molecule has 5 rings (SSSR count).